The molecule has 1 rings (SSSR count). The van der Waals surface area contributed by atoms with Crippen LogP contribution in [0.1, 0.15) is 32.6 Å². The van der Waals surface area contributed by atoms with E-state index in [0.29, 0.717) is 19.1 Å². The molecule has 1 aliphatic rings. The Balaban J connectivity index is 2.22. The average molecular weight is 211 g/mol. The van der Waals surface area contributed by atoms with Crippen LogP contribution in [0.3, 0.4) is 0 Å². The summed E-state index contributed by atoms with van der Waals surface area (Å²) >= 11 is 0. The number of allylic oxidation sites excluding steroid dienone is 1. The molecule has 0 saturated heterocycles. The zero-order valence-electron chi connectivity index (χ0n) is 9.74. The van der Waals surface area contributed by atoms with Crippen molar-refractivity contribution >= 4 is 5.97 Å². The van der Waals surface area contributed by atoms with E-state index >= 15 is 0 Å². The molecule has 0 aromatic heterocycles. The van der Waals surface area contributed by atoms with Crippen LogP contribution in [0.15, 0.2) is 12.2 Å². The zero-order chi connectivity index (χ0) is 11.1. The highest BCUT2D eigenvalue weighted by molar-refractivity contribution is 5.69. The predicted molar refractivity (Wildman–Crippen MR) is 60.7 cm³/mol. The van der Waals surface area contributed by atoms with Crippen molar-refractivity contribution in [3.8, 4) is 0 Å². The highest BCUT2D eigenvalue weighted by Crippen LogP contribution is 2.15. The molecule has 0 saturated carbocycles. The lowest BCUT2D eigenvalue weighted by molar-refractivity contribution is -0.143. The van der Waals surface area contributed by atoms with E-state index in [2.05, 4.69) is 24.1 Å². The third-order valence-corrected chi connectivity index (χ3v) is 2.77. The van der Waals surface area contributed by atoms with Crippen LogP contribution in [0.5, 0.6) is 0 Å². The van der Waals surface area contributed by atoms with Gasteiger partial charge in [0.25, 0.3) is 0 Å². The second kappa shape index (κ2) is 6.62. The van der Waals surface area contributed by atoms with Crippen molar-refractivity contribution in [2.45, 2.75) is 38.6 Å². The Bertz CT molecular complexity index is 226. The number of carbonyl (C=O) groups is 1. The fourth-order valence-corrected chi connectivity index (χ4v) is 1.83. The highest BCUT2D eigenvalue weighted by atomic mass is 16.5. The molecule has 0 bridgehead atoms. The second-order valence-corrected chi connectivity index (χ2v) is 3.96. The predicted octanol–water partition coefficient (Wildman–Crippen LogP) is 1.98. The van der Waals surface area contributed by atoms with Crippen molar-refractivity contribution < 1.29 is 9.53 Å². The summed E-state index contributed by atoms with van der Waals surface area (Å²) in [4.78, 5) is 13.4. The first-order valence-corrected chi connectivity index (χ1v) is 5.76. The fourth-order valence-electron chi connectivity index (χ4n) is 1.83. The molecule has 15 heavy (non-hydrogen) atoms. The lowest BCUT2D eigenvalue weighted by atomic mass is 10.0. The second-order valence-electron chi connectivity index (χ2n) is 3.96. The van der Waals surface area contributed by atoms with E-state index in [1.165, 1.54) is 19.3 Å². The Labute approximate surface area is 92.1 Å². The van der Waals surface area contributed by atoms with Crippen LogP contribution in [-0.2, 0) is 9.53 Å². The lowest BCUT2D eigenvalue weighted by Crippen LogP contribution is -2.33. The minimum atomic E-state index is -0.0934. The van der Waals surface area contributed by atoms with E-state index in [1.54, 1.807) is 0 Å². The van der Waals surface area contributed by atoms with Crippen LogP contribution in [-0.4, -0.2) is 37.1 Å². The summed E-state index contributed by atoms with van der Waals surface area (Å²) in [6, 6.07) is 0.508. The maximum absolute atomic E-state index is 11.2. The standard InChI is InChI=1S/C12H21NO2/c1-3-15-12(14)9-10-13(2)11-7-5-4-6-8-11/h5,7,11H,3-4,6,8-10H2,1-2H3/t11-/m1/s1. The van der Waals surface area contributed by atoms with Crippen LogP contribution in [0, 0.1) is 0 Å². The molecule has 0 amide bonds. The number of ether oxygens (including phenoxy) is 1. The molecule has 3 nitrogen and oxygen atoms in total. The van der Waals surface area contributed by atoms with Gasteiger partial charge in [0.05, 0.1) is 13.0 Å². The number of hydrogen-bond acceptors (Lipinski definition) is 3. The van der Waals surface area contributed by atoms with Gasteiger partial charge in [-0.3, -0.25) is 9.69 Å². The largest absolute Gasteiger partial charge is 0.466 e. The Morgan fingerprint density at radius 3 is 3.00 bits per heavy atom. The van der Waals surface area contributed by atoms with Crippen LogP contribution < -0.4 is 0 Å². The summed E-state index contributed by atoms with van der Waals surface area (Å²) in [5.41, 5.74) is 0. The van der Waals surface area contributed by atoms with Crippen LogP contribution in [0.4, 0.5) is 0 Å². The lowest BCUT2D eigenvalue weighted by Gasteiger charge is -2.27. The van der Waals surface area contributed by atoms with E-state index in [-0.39, 0.29) is 5.97 Å². The van der Waals surface area contributed by atoms with E-state index < -0.39 is 0 Å². The topological polar surface area (TPSA) is 29.5 Å². The number of carbonyl (C=O) groups excluding carboxylic acids is 1. The van der Waals surface area contributed by atoms with Gasteiger partial charge in [-0.05, 0) is 33.2 Å². The molecule has 0 fully saturated rings. The fraction of sp³-hybridized carbons (Fsp3) is 0.750. The summed E-state index contributed by atoms with van der Waals surface area (Å²) < 4.78 is 4.90. The number of likely N-dealkylation sites (N-methyl/N-ethyl adjacent to an activating group) is 1. The van der Waals surface area contributed by atoms with E-state index in [4.69, 9.17) is 4.74 Å². The molecule has 3 heteroatoms. The minimum absolute atomic E-state index is 0.0934. The zero-order valence-corrected chi connectivity index (χ0v) is 9.74. The summed E-state index contributed by atoms with van der Waals surface area (Å²) in [5.74, 6) is -0.0934. The molecular weight excluding hydrogens is 190 g/mol. The first-order valence-electron chi connectivity index (χ1n) is 5.76. The van der Waals surface area contributed by atoms with Gasteiger partial charge in [0.15, 0.2) is 0 Å². The summed E-state index contributed by atoms with van der Waals surface area (Å²) in [6.45, 7) is 3.10. The Morgan fingerprint density at radius 2 is 2.40 bits per heavy atom. The molecule has 0 heterocycles. The van der Waals surface area contributed by atoms with Crippen LogP contribution in [0.2, 0.25) is 0 Å². The molecule has 1 aliphatic carbocycles. The Hall–Kier alpha value is -0.830. The Kier molecular flexibility index (Phi) is 5.40. The number of rotatable bonds is 5. The van der Waals surface area contributed by atoms with Gasteiger partial charge in [-0.2, -0.15) is 0 Å². The molecule has 0 aromatic carbocycles. The van der Waals surface area contributed by atoms with E-state index in [0.717, 1.165) is 6.54 Å². The van der Waals surface area contributed by atoms with Crippen molar-refractivity contribution in [3.63, 3.8) is 0 Å². The normalized spacial score (nSPS) is 20.6. The van der Waals surface area contributed by atoms with Gasteiger partial charge in [-0.1, -0.05) is 12.2 Å². The van der Waals surface area contributed by atoms with E-state index in [9.17, 15) is 4.79 Å². The van der Waals surface area contributed by atoms with Gasteiger partial charge in [-0.25, -0.2) is 0 Å². The third-order valence-electron chi connectivity index (χ3n) is 2.77. The van der Waals surface area contributed by atoms with Crippen molar-refractivity contribution in [2.24, 2.45) is 0 Å². The summed E-state index contributed by atoms with van der Waals surface area (Å²) in [7, 11) is 2.07. The molecule has 1 atom stereocenters. The number of nitrogens with zero attached hydrogens (tertiary/aromatic N) is 1. The number of esters is 1. The van der Waals surface area contributed by atoms with Gasteiger partial charge < -0.3 is 4.74 Å². The van der Waals surface area contributed by atoms with Gasteiger partial charge in [0.2, 0.25) is 0 Å². The van der Waals surface area contributed by atoms with Gasteiger partial charge in [-0.15, -0.1) is 0 Å². The summed E-state index contributed by atoms with van der Waals surface area (Å²) in [6.07, 6.45) is 8.63. The van der Waals surface area contributed by atoms with Crippen molar-refractivity contribution in [2.75, 3.05) is 20.2 Å². The van der Waals surface area contributed by atoms with Crippen molar-refractivity contribution in [3.05, 3.63) is 12.2 Å². The van der Waals surface area contributed by atoms with Crippen molar-refractivity contribution in [1.29, 1.82) is 0 Å². The van der Waals surface area contributed by atoms with Crippen LogP contribution >= 0.6 is 0 Å². The van der Waals surface area contributed by atoms with Gasteiger partial charge >= 0.3 is 5.97 Å². The quantitative estimate of drug-likeness (QED) is 0.514. The van der Waals surface area contributed by atoms with Gasteiger partial charge in [0, 0.05) is 12.6 Å². The minimum Gasteiger partial charge on any atom is -0.466 e. The monoisotopic (exact) mass is 211 g/mol. The van der Waals surface area contributed by atoms with Crippen LogP contribution in [0.25, 0.3) is 0 Å². The van der Waals surface area contributed by atoms with Crippen molar-refractivity contribution in [1.82, 2.24) is 4.90 Å². The molecule has 0 aromatic rings. The average Bonchev–Trinajstić information content (AvgIpc) is 2.27. The Morgan fingerprint density at radius 1 is 1.60 bits per heavy atom. The molecule has 0 unspecified atom stereocenters. The molecule has 0 N–H and O–H groups in total. The number of hydrogen-bond donors (Lipinski definition) is 0. The van der Waals surface area contributed by atoms with E-state index in [1.807, 2.05) is 6.92 Å². The third kappa shape index (κ3) is 4.47. The van der Waals surface area contributed by atoms with Gasteiger partial charge in [0.1, 0.15) is 0 Å². The maximum atomic E-state index is 11.2. The highest BCUT2D eigenvalue weighted by Gasteiger charge is 2.14. The molecule has 0 aliphatic heterocycles. The first kappa shape index (κ1) is 12.2. The SMILES string of the molecule is CCOC(=O)CCN(C)[C@@H]1C=CCCC1. The molecule has 0 spiro atoms. The maximum Gasteiger partial charge on any atom is 0.307 e. The molecule has 0 radical (unpaired) electrons. The molecular formula is C12H21NO2. The molecule has 86 valence electrons. The summed E-state index contributed by atoms with van der Waals surface area (Å²) in [5, 5.41) is 0. The smallest absolute Gasteiger partial charge is 0.307 e. The first-order chi connectivity index (χ1) is 7.24.